The van der Waals surface area contributed by atoms with Gasteiger partial charge in [-0.05, 0) is 29.2 Å². The number of aromatic nitrogens is 4. The zero-order valence-corrected chi connectivity index (χ0v) is 9.85. The van der Waals surface area contributed by atoms with E-state index < -0.39 is 0 Å². The molecule has 0 N–H and O–H groups in total. The standard InChI is InChI=1S/C9H16ClN5/c1-3-8-7(6-10)4-5-15(8)9-11-12-13-14(9)2/h7-8H,3-6H2,1-2H3. The third kappa shape index (κ3) is 1.80. The largest absolute Gasteiger partial charge is 0.336 e. The SMILES string of the molecule is CCC1C(CCl)CCN1c1nnnn1C. The highest BCUT2D eigenvalue weighted by molar-refractivity contribution is 6.18. The molecule has 0 aliphatic carbocycles. The quantitative estimate of drug-likeness (QED) is 0.727. The topological polar surface area (TPSA) is 46.8 Å². The second-order valence-electron chi connectivity index (χ2n) is 3.97. The summed E-state index contributed by atoms with van der Waals surface area (Å²) in [6.45, 7) is 3.19. The molecule has 5 nitrogen and oxygen atoms in total. The number of alkyl halides is 1. The van der Waals surface area contributed by atoms with Crippen molar-refractivity contribution in [3.05, 3.63) is 0 Å². The molecule has 15 heavy (non-hydrogen) atoms. The van der Waals surface area contributed by atoms with Crippen molar-refractivity contribution in [1.29, 1.82) is 0 Å². The molecular formula is C9H16ClN5. The maximum atomic E-state index is 5.96. The van der Waals surface area contributed by atoms with E-state index in [2.05, 4.69) is 27.3 Å². The van der Waals surface area contributed by atoms with Crippen molar-refractivity contribution < 1.29 is 0 Å². The summed E-state index contributed by atoms with van der Waals surface area (Å²) in [6.07, 6.45) is 2.22. The van der Waals surface area contributed by atoms with E-state index in [0.717, 1.165) is 31.2 Å². The Hall–Kier alpha value is -0.840. The summed E-state index contributed by atoms with van der Waals surface area (Å²) in [7, 11) is 1.87. The molecule has 2 atom stereocenters. The smallest absolute Gasteiger partial charge is 0.245 e. The number of nitrogens with zero attached hydrogens (tertiary/aromatic N) is 5. The highest BCUT2D eigenvalue weighted by atomic mass is 35.5. The van der Waals surface area contributed by atoms with Gasteiger partial charge in [0.05, 0.1) is 0 Å². The third-order valence-corrected chi connectivity index (χ3v) is 3.55. The molecule has 2 unspecified atom stereocenters. The molecule has 1 aromatic heterocycles. The number of hydrogen-bond acceptors (Lipinski definition) is 4. The van der Waals surface area contributed by atoms with Crippen LogP contribution in [0.2, 0.25) is 0 Å². The number of aryl methyl sites for hydroxylation is 1. The van der Waals surface area contributed by atoms with Crippen LogP contribution in [0.25, 0.3) is 0 Å². The maximum absolute atomic E-state index is 5.96. The lowest BCUT2D eigenvalue weighted by Gasteiger charge is -2.26. The minimum Gasteiger partial charge on any atom is -0.336 e. The minimum atomic E-state index is 0.479. The van der Waals surface area contributed by atoms with Gasteiger partial charge in [-0.1, -0.05) is 12.0 Å². The van der Waals surface area contributed by atoms with Crippen LogP contribution in [-0.4, -0.2) is 38.7 Å². The molecule has 0 saturated carbocycles. The van der Waals surface area contributed by atoms with E-state index in [0.29, 0.717) is 12.0 Å². The van der Waals surface area contributed by atoms with Crippen molar-refractivity contribution in [3.8, 4) is 0 Å². The zero-order chi connectivity index (χ0) is 10.8. The summed E-state index contributed by atoms with van der Waals surface area (Å²) in [5.74, 6) is 2.14. The lowest BCUT2D eigenvalue weighted by molar-refractivity contribution is 0.497. The first kappa shape index (κ1) is 10.7. The summed E-state index contributed by atoms with van der Waals surface area (Å²) in [5.41, 5.74) is 0. The fourth-order valence-electron chi connectivity index (χ4n) is 2.37. The molecule has 2 rings (SSSR count). The Morgan fingerprint density at radius 2 is 2.33 bits per heavy atom. The molecule has 84 valence electrons. The van der Waals surface area contributed by atoms with E-state index in [1.807, 2.05) is 7.05 Å². The van der Waals surface area contributed by atoms with Gasteiger partial charge in [0.2, 0.25) is 5.95 Å². The lowest BCUT2D eigenvalue weighted by atomic mass is 10.0. The second-order valence-corrected chi connectivity index (χ2v) is 4.28. The molecule has 0 amide bonds. The van der Waals surface area contributed by atoms with E-state index in [1.165, 1.54) is 0 Å². The van der Waals surface area contributed by atoms with Crippen LogP contribution in [0, 0.1) is 5.92 Å². The van der Waals surface area contributed by atoms with Gasteiger partial charge in [0.1, 0.15) is 0 Å². The molecule has 0 radical (unpaired) electrons. The molecule has 0 bridgehead atoms. The Morgan fingerprint density at radius 1 is 1.53 bits per heavy atom. The first-order valence-corrected chi connectivity index (χ1v) is 5.86. The van der Waals surface area contributed by atoms with Gasteiger partial charge >= 0.3 is 0 Å². The minimum absolute atomic E-state index is 0.479. The summed E-state index contributed by atoms with van der Waals surface area (Å²) < 4.78 is 1.72. The molecular weight excluding hydrogens is 214 g/mol. The van der Waals surface area contributed by atoms with Crippen molar-refractivity contribution in [2.45, 2.75) is 25.8 Å². The number of anilines is 1. The van der Waals surface area contributed by atoms with Crippen LogP contribution in [-0.2, 0) is 7.05 Å². The van der Waals surface area contributed by atoms with Crippen molar-refractivity contribution in [2.75, 3.05) is 17.3 Å². The molecule has 1 aliphatic rings. The van der Waals surface area contributed by atoms with Crippen LogP contribution in [0.1, 0.15) is 19.8 Å². The predicted molar refractivity (Wildman–Crippen MR) is 59.1 cm³/mol. The van der Waals surface area contributed by atoms with Crippen molar-refractivity contribution >= 4 is 17.5 Å². The van der Waals surface area contributed by atoms with Crippen molar-refractivity contribution in [3.63, 3.8) is 0 Å². The van der Waals surface area contributed by atoms with Gasteiger partial charge in [-0.2, -0.15) is 0 Å². The van der Waals surface area contributed by atoms with Gasteiger partial charge in [0.15, 0.2) is 0 Å². The third-order valence-electron chi connectivity index (χ3n) is 3.16. The Balaban J connectivity index is 2.20. The van der Waals surface area contributed by atoms with Crippen molar-refractivity contribution in [1.82, 2.24) is 20.2 Å². The van der Waals surface area contributed by atoms with Crippen molar-refractivity contribution in [2.24, 2.45) is 13.0 Å². The van der Waals surface area contributed by atoms with Gasteiger partial charge in [0, 0.05) is 25.5 Å². The van der Waals surface area contributed by atoms with E-state index in [-0.39, 0.29) is 0 Å². The molecule has 1 aromatic rings. The zero-order valence-electron chi connectivity index (χ0n) is 9.10. The van der Waals surface area contributed by atoms with E-state index in [1.54, 1.807) is 4.68 Å². The van der Waals surface area contributed by atoms with Crippen LogP contribution in [0.3, 0.4) is 0 Å². The van der Waals surface area contributed by atoms with Gasteiger partial charge < -0.3 is 4.90 Å². The van der Waals surface area contributed by atoms with Gasteiger partial charge in [-0.3, -0.25) is 0 Å². The maximum Gasteiger partial charge on any atom is 0.245 e. The fourth-order valence-corrected chi connectivity index (χ4v) is 2.73. The highest BCUT2D eigenvalue weighted by Gasteiger charge is 2.34. The van der Waals surface area contributed by atoms with Crippen LogP contribution in [0.4, 0.5) is 5.95 Å². The monoisotopic (exact) mass is 229 g/mol. The van der Waals surface area contributed by atoms with Gasteiger partial charge in [-0.25, -0.2) is 4.68 Å². The van der Waals surface area contributed by atoms with E-state index in [4.69, 9.17) is 11.6 Å². The first-order valence-electron chi connectivity index (χ1n) is 5.32. The number of rotatable bonds is 3. The Bertz CT molecular complexity index is 326. The predicted octanol–water partition coefficient (Wildman–Crippen LogP) is 1.05. The molecule has 0 spiro atoms. The molecule has 6 heteroatoms. The number of tetrazole rings is 1. The first-order chi connectivity index (χ1) is 7.27. The summed E-state index contributed by atoms with van der Waals surface area (Å²) in [6, 6.07) is 0.479. The summed E-state index contributed by atoms with van der Waals surface area (Å²) in [5, 5.41) is 11.6. The molecule has 1 saturated heterocycles. The van der Waals surface area contributed by atoms with Crippen LogP contribution >= 0.6 is 11.6 Å². The highest BCUT2D eigenvalue weighted by Crippen LogP contribution is 2.30. The van der Waals surface area contributed by atoms with Crippen LogP contribution < -0.4 is 4.90 Å². The van der Waals surface area contributed by atoms with E-state index >= 15 is 0 Å². The number of hydrogen-bond donors (Lipinski definition) is 0. The normalized spacial score (nSPS) is 26.2. The lowest BCUT2D eigenvalue weighted by Crippen LogP contribution is -2.34. The van der Waals surface area contributed by atoms with E-state index in [9.17, 15) is 0 Å². The molecule has 1 fully saturated rings. The van der Waals surface area contributed by atoms with Crippen LogP contribution in [0.15, 0.2) is 0 Å². The summed E-state index contributed by atoms with van der Waals surface area (Å²) >= 11 is 5.96. The Morgan fingerprint density at radius 3 is 2.87 bits per heavy atom. The molecule has 1 aliphatic heterocycles. The van der Waals surface area contributed by atoms with Crippen LogP contribution in [0.5, 0.6) is 0 Å². The Labute approximate surface area is 94.4 Å². The Kier molecular flexibility index (Phi) is 3.09. The van der Waals surface area contributed by atoms with Gasteiger partial charge in [0.25, 0.3) is 0 Å². The molecule has 0 aromatic carbocycles. The summed E-state index contributed by atoms with van der Waals surface area (Å²) in [4.78, 5) is 2.27. The van der Waals surface area contributed by atoms with Gasteiger partial charge in [-0.15, -0.1) is 11.6 Å². The number of halogens is 1. The molecule has 2 heterocycles. The fraction of sp³-hybridized carbons (Fsp3) is 0.889. The average Bonchev–Trinajstić information content (AvgIpc) is 2.82. The second kappa shape index (κ2) is 4.35. The average molecular weight is 230 g/mol.